The van der Waals surface area contributed by atoms with Crippen molar-refractivity contribution in [3.8, 4) is 0 Å². The van der Waals surface area contributed by atoms with Crippen LogP contribution in [0.3, 0.4) is 0 Å². The van der Waals surface area contributed by atoms with E-state index in [1.807, 2.05) is 25.1 Å². The van der Waals surface area contributed by atoms with Gasteiger partial charge in [0.1, 0.15) is 5.82 Å². The molecule has 0 radical (unpaired) electrons. The first-order valence-electron chi connectivity index (χ1n) is 8.82. The number of rotatable bonds is 3. The Bertz CT molecular complexity index is 1090. The third-order valence-electron chi connectivity index (χ3n) is 5.33. The molecule has 2 heterocycles. The number of nitrogens with zero attached hydrogens (tertiary/aromatic N) is 1. The van der Waals surface area contributed by atoms with E-state index in [0.717, 1.165) is 17.5 Å². The molecule has 140 valence electrons. The van der Waals surface area contributed by atoms with Crippen molar-refractivity contribution in [2.75, 3.05) is 18.5 Å². The minimum Gasteiger partial charge on any atom is -0.379 e. The smallest absolute Gasteiger partial charge is 0.258 e. The first-order valence-corrected chi connectivity index (χ1v) is 9.19. The van der Waals surface area contributed by atoms with Crippen LogP contribution in [0.15, 0.2) is 47.4 Å². The fraction of sp³-hybridized carbons (Fsp3) is 0.286. The maximum absolute atomic E-state index is 14.7. The van der Waals surface area contributed by atoms with Crippen LogP contribution in [0, 0.1) is 12.7 Å². The molecule has 27 heavy (non-hydrogen) atoms. The van der Waals surface area contributed by atoms with E-state index in [9.17, 15) is 9.18 Å². The summed E-state index contributed by atoms with van der Waals surface area (Å²) in [6, 6.07) is 10.5. The first-order chi connectivity index (χ1) is 12.9. The molecule has 6 heteroatoms. The van der Waals surface area contributed by atoms with Crippen molar-refractivity contribution in [2.24, 2.45) is 7.05 Å². The Hall–Kier alpha value is -2.37. The summed E-state index contributed by atoms with van der Waals surface area (Å²) in [6.07, 6.45) is 2.29. The lowest BCUT2D eigenvalue weighted by atomic mass is 9.85. The van der Waals surface area contributed by atoms with Gasteiger partial charge >= 0.3 is 0 Å². The average molecular weight is 387 g/mol. The molecule has 1 fully saturated rings. The average Bonchev–Trinajstić information content (AvgIpc) is 3.10. The lowest BCUT2D eigenvalue weighted by Crippen LogP contribution is -2.36. The summed E-state index contributed by atoms with van der Waals surface area (Å²) in [4.78, 5) is 12.4. The molecule has 1 aliphatic heterocycles. The van der Waals surface area contributed by atoms with Crippen LogP contribution in [0.2, 0.25) is 5.02 Å². The van der Waals surface area contributed by atoms with Gasteiger partial charge < -0.3 is 14.6 Å². The Morgan fingerprint density at radius 2 is 2.07 bits per heavy atom. The topological polar surface area (TPSA) is 43.3 Å². The van der Waals surface area contributed by atoms with Gasteiger partial charge in [-0.05, 0) is 42.3 Å². The van der Waals surface area contributed by atoms with Gasteiger partial charge in [0.25, 0.3) is 5.56 Å². The van der Waals surface area contributed by atoms with Crippen LogP contribution < -0.4 is 10.9 Å². The number of aryl methyl sites for hydroxylation is 1. The molecule has 1 unspecified atom stereocenters. The molecule has 1 aromatic heterocycles. The monoisotopic (exact) mass is 386 g/mol. The number of halogens is 2. The fourth-order valence-corrected chi connectivity index (χ4v) is 4.00. The SMILES string of the molecule is Cc1c(Cl)cccc1C1(Nc2cc(F)c3ccn(C)c(=O)c3c2)CCOC1. The van der Waals surface area contributed by atoms with Crippen LogP contribution in [-0.4, -0.2) is 17.8 Å². The van der Waals surface area contributed by atoms with Gasteiger partial charge in [0.15, 0.2) is 0 Å². The van der Waals surface area contributed by atoms with E-state index >= 15 is 0 Å². The van der Waals surface area contributed by atoms with Crippen molar-refractivity contribution in [3.63, 3.8) is 0 Å². The Morgan fingerprint density at radius 1 is 1.26 bits per heavy atom. The van der Waals surface area contributed by atoms with Gasteiger partial charge in [-0.2, -0.15) is 0 Å². The number of benzene rings is 2. The van der Waals surface area contributed by atoms with E-state index in [1.165, 1.54) is 10.6 Å². The summed E-state index contributed by atoms with van der Waals surface area (Å²) in [7, 11) is 1.65. The minimum atomic E-state index is -0.519. The van der Waals surface area contributed by atoms with Crippen molar-refractivity contribution in [1.82, 2.24) is 4.57 Å². The Balaban J connectivity index is 1.85. The highest BCUT2D eigenvalue weighted by Gasteiger charge is 2.38. The van der Waals surface area contributed by atoms with E-state index in [1.54, 1.807) is 25.4 Å². The molecular formula is C21H20ClFN2O2. The van der Waals surface area contributed by atoms with Crippen LogP contribution in [-0.2, 0) is 17.3 Å². The first kappa shape index (κ1) is 18.0. The van der Waals surface area contributed by atoms with Gasteiger partial charge in [-0.1, -0.05) is 23.7 Å². The normalized spacial score (nSPS) is 19.6. The van der Waals surface area contributed by atoms with Crippen molar-refractivity contribution in [3.05, 3.63) is 74.9 Å². The predicted octanol–water partition coefficient (Wildman–Crippen LogP) is 4.37. The van der Waals surface area contributed by atoms with Gasteiger partial charge in [0.05, 0.1) is 17.5 Å². The zero-order valence-corrected chi connectivity index (χ0v) is 15.9. The molecule has 4 nitrogen and oxygen atoms in total. The zero-order valence-electron chi connectivity index (χ0n) is 15.2. The summed E-state index contributed by atoms with van der Waals surface area (Å²) in [6.45, 7) is 3.01. The third kappa shape index (κ3) is 3.01. The van der Waals surface area contributed by atoms with Crippen LogP contribution in [0.5, 0.6) is 0 Å². The number of aromatic nitrogens is 1. The highest BCUT2D eigenvalue weighted by molar-refractivity contribution is 6.31. The number of nitrogens with one attached hydrogen (secondary N) is 1. The highest BCUT2D eigenvalue weighted by Crippen LogP contribution is 2.38. The summed E-state index contributed by atoms with van der Waals surface area (Å²) < 4.78 is 21.8. The maximum Gasteiger partial charge on any atom is 0.258 e. The summed E-state index contributed by atoms with van der Waals surface area (Å²) in [5.41, 5.74) is 1.79. The molecule has 0 bridgehead atoms. The number of hydrogen-bond donors (Lipinski definition) is 1. The van der Waals surface area contributed by atoms with Crippen LogP contribution in [0.25, 0.3) is 10.8 Å². The number of fused-ring (bicyclic) bond motifs is 1. The summed E-state index contributed by atoms with van der Waals surface area (Å²) in [5.74, 6) is -0.426. The van der Waals surface area contributed by atoms with E-state index in [0.29, 0.717) is 34.7 Å². The van der Waals surface area contributed by atoms with E-state index < -0.39 is 11.4 Å². The second-order valence-corrected chi connectivity index (χ2v) is 7.48. The van der Waals surface area contributed by atoms with Crippen molar-refractivity contribution in [1.29, 1.82) is 0 Å². The highest BCUT2D eigenvalue weighted by atomic mass is 35.5. The van der Waals surface area contributed by atoms with Crippen molar-refractivity contribution >= 4 is 28.1 Å². The van der Waals surface area contributed by atoms with Gasteiger partial charge in [-0.15, -0.1) is 0 Å². The molecule has 0 spiro atoms. The van der Waals surface area contributed by atoms with E-state index in [-0.39, 0.29) is 5.56 Å². The second-order valence-electron chi connectivity index (χ2n) is 7.07. The molecule has 1 saturated heterocycles. The molecular weight excluding hydrogens is 367 g/mol. The number of pyridine rings is 1. The fourth-order valence-electron chi connectivity index (χ4n) is 3.83. The molecule has 2 aromatic carbocycles. The maximum atomic E-state index is 14.7. The van der Waals surface area contributed by atoms with Gasteiger partial charge in [-0.3, -0.25) is 4.79 Å². The zero-order chi connectivity index (χ0) is 19.2. The van der Waals surface area contributed by atoms with Crippen LogP contribution >= 0.6 is 11.6 Å². The lowest BCUT2D eigenvalue weighted by molar-refractivity contribution is 0.182. The largest absolute Gasteiger partial charge is 0.379 e. The molecule has 0 amide bonds. The van der Waals surface area contributed by atoms with Gasteiger partial charge in [-0.25, -0.2) is 4.39 Å². The van der Waals surface area contributed by atoms with Gasteiger partial charge in [0, 0.05) is 42.4 Å². The predicted molar refractivity (Wildman–Crippen MR) is 106 cm³/mol. The standard InChI is InChI=1S/C21H20ClFN2O2/c1-13-17(4-3-5-18(13)22)21(7-9-27-12-21)24-14-10-16-15(19(23)11-14)6-8-25(2)20(16)26/h3-6,8,10-11,24H,7,9,12H2,1-2H3. The minimum absolute atomic E-state index is 0.231. The third-order valence-corrected chi connectivity index (χ3v) is 5.74. The molecule has 0 saturated carbocycles. The molecule has 1 aliphatic rings. The molecule has 1 atom stereocenters. The van der Waals surface area contributed by atoms with Crippen molar-refractivity contribution in [2.45, 2.75) is 18.9 Å². The van der Waals surface area contributed by atoms with E-state index in [2.05, 4.69) is 5.32 Å². The van der Waals surface area contributed by atoms with Crippen molar-refractivity contribution < 1.29 is 9.13 Å². The lowest BCUT2D eigenvalue weighted by Gasteiger charge is -2.32. The number of ether oxygens (including phenoxy) is 1. The molecule has 1 N–H and O–H groups in total. The van der Waals surface area contributed by atoms with Crippen LogP contribution in [0.1, 0.15) is 17.5 Å². The van der Waals surface area contributed by atoms with Gasteiger partial charge in [0.2, 0.25) is 0 Å². The summed E-state index contributed by atoms with van der Waals surface area (Å²) >= 11 is 6.33. The molecule has 3 aromatic rings. The molecule has 0 aliphatic carbocycles. The van der Waals surface area contributed by atoms with Crippen LogP contribution in [0.4, 0.5) is 10.1 Å². The van der Waals surface area contributed by atoms with E-state index in [4.69, 9.17) is 16.3 Å². The number of hydrogen-bond acceptors (Lipinski definition) is 3. The quantitative estimate of drug-likeness (QED) is 0.727. The second kappa shape index (κ2) is 6.66. The Kier molecular flexibility index (Phi) is 4.44. The summed E-state index contributed by atoms with van der Waals surface area (Å²) in [5, 5.41) is 4.79. The Labute approximate surface area is 161 Å². The molecule has 4 rings (SSSR count). The number of anilines is 1. The Morgan fingerprint density at radius 3 is 2.81 bits per heavy atom.